The summed E-state index contributed by atoms with van der Waals surface area (Å²) in [5.41, 5.74) is 0.00481. The van der Waals surface area contributed by atoms with E-state index in [2.05, 4.69) is 19.0 Å². The minimum absolute atomic E-state index is 0.00481. The number of hydrogen-bond acceptors (Lipinski definition) is 4. The molecule has 20 heavy (non-hydrogen) atoms. The van der Waals surface area contributed by atoms with Crippen molar-refractivity contribution in [1.82, 2.24) is 9.80 Å². The maximum absolute atomic E-state index is 12.3. The van der Waals surface area contributed by atoms with E-state index in [1.54, 1.807) is 0 Å². The Morgan fingerprint density at radius 1 is 1.30 bits per heavy atom. The highest BCUT2D eigenvalue weighted by atomic mass is 16.5. The molecule has 1 aliphatic carbocycles. The molecule has 3 rings (SSSR count). The van der Waals surface area contributed by atoms with Crippen molar-refractivity contribution in [2.45, 2.75) is 49.9 Å². The quantitative estimate of drug-likeness (QED) is 0.800. The summed E-state index contributed by atoms with van der Waals surface area (Å²) in [7, 11) is 4.21. The van der Waals surface area contributed by atoms with Gasteiger partial charge in [0.1, 0.15) is 0 Å². The number of ether oxygens (including phenoxy) is 1. The summed E-state index contributed by atoms with van der Waals surface area (Å²) < 4.78 is 6.08. The third-order valence-electron chi connectivity index (χ3n) is 5.37. The molecule has 5 nitrogen and oxygen atoms in total. The fourth-order valence-corrected chi connectivity index (χ4v) is 3.68. The third kappa shape index (κ3) is 2.59. The van der Waals surface area contributed by atoms with Gasteiger partial charge in [-0.3, -0.25) is 4.79 Å². The van der Waals surface area contributed by atoms with Gasteiger partial charge in [-0.2, -0.15) is 0 Å². The molecule has 5 heteroatoms. The van der Waals surface area contributed by atoms with Crippen molar-refractivity contribution in [1.29, 1.82) is 0 Å². The largest absolute Gasteiger partial charge is 0.393 e. The average molecular weight is 282 g/mol. The zero-order valence-electron chi connectivity index (χ0n) is 12.5. The van der Waals surface area contributed by atoms with Crippen molar-refractivity contribution in [2.24, 2.45) is 5.92 Å². The molecule has 0 bridgehead atoms. The molecule has 0 radical (unpaired) electrons. The first-order valence-electron chi connectivity index (χ1n) is 7.76. The van der Waals surface area contributed by atoms with Crippen molar-refractivity contribution < 1.29 is 14.6 Å². The number of likely N-dealkylation sites (tertiary alicyclic amines) is 1. The Bertz CT molecular complexity index is 371. The van der Waals surface area contributed by atoms with Crippen molar-refractivity contribution >= 4 is 5.91 Å². The number of nitrogens with zero attached hydrogens (tertiary/aromatic N) is 2. The van der Waals surface area contributed by atoms with Gasteiger partial charge in [0, 0.05) is 25.0 Å². The minimum atomic E-state index is -0.251. The smallest absolute Gasteiger partial charge is 0.225 e. The Morgan fingerprint density at radius 3 is 2.45 bits per heavy atom. The molecule has 1 saturated carbocycles. The highest BCUT2D eigenvalue weighted by Crippen LogP contribution is 2.38. The fraction of sp³-hybridized carbons (Fsp3) is 0.933. The normalized spacial score (nSPS) is 36.4. The Hall–Kier alpha value is -0.650. The van der Waals surface area contributed by atoms with Crippen molar-refractivity contribution in [3.63, 3.8) is 0 Å². The van der Waals surface area contributed by atoms with Gasteiger partial charge in [0.2, 0.25) is 5.91 Å². The maximum Gasteiger partial charge on any atom is 0.225 e. The molecular weight excluding hydrogens is 256 g/mol. The SMILES string of the molecule is CN(C)C1COC2(CCN(C(=O)C3CC(O)C3)CC2)C1. The molecule has 114 valence electrons. The van der Waals surface area contributed by atoms with Crippen LogP contribution >= 0.6 is 0 Å². The molecule has 1 amide bonds. The van der Waals surface area contributed by atoms with Gasteiger partial charge in [-0.15, -0.1) is 0 Å². The van der Waals surface area contributed by atoms with Crippen LogP contribution in [0.3, 0.4) is 0 Å². The van der Waals surface area contributed by atoms with Crippen LogP contribution in [0.1, 0.15) is 32.1 Å². The average Bonchev–Trinajstić information content (AvgIpc) is 2.80. The zero-order chi connectivity index (χ0) is 14.3. The Morgan fingerprint density at radius 2 is 1.95 bits per heavy atom. The first kappa shape index (κ1) is 14.3. The van der Waals surface area contributed by atoms with Crippen LogP contribution in [0.15, 0.2) is 0 Å². The molecule has 3 fully saturated rings. The molecule has 1 atom stereocenters. The maximum atomic E-state index is 12.3. The van der Waals surface area contributed by atoms with Crippen LogP contribution in [0.25, 0.3) is 0 Å². The summed E-state index contributed by atoms with van der Waals surface area (Å²) in [5, 5.41) is 9.32. The van der Waals surface area contributed by atoms with Gasteiger partial charge in [-0.25, -0.2) is 0 Å². The van der Waals surface area contributed by atoms with E-state index in [4.69, 9.17) is 4.74 Å². The second-order valence-corrected chi connectivity index (χ2v) is 6.96. The summed E-state index contributed by atoms with van der Waals surface area (Å²) in [5.74, 6) is 0.311. The van der Waals surface area contributed by atoms with E-state index in [1.807, 2.05) is 4.90 Å². The fourth-order valence-electron chi connectivity index (χ4n) is 3.68. The molecule has 3 aliphatic rings. The predicted molar refractivity (Wildman–Crippen MR) is 75.3 cm³/mol. The molecule has 2 heterocycles. The van der Waals surface area contributed by atoms with Gasteiger partial charge < -0.3 is 19.6 Å². The number of likely N-dealkylation sites (N-methyl/N-ethyl adjacent to an activating group) is 1. The highest BCUT2D eigenvalue weighted by Gasteiger charge is 2.45. The number of rotatable bonds is 2. The first-order valence-corrected chi connectivity index (χ1v) is 7.76. The van der Waals surface area contributed by atoms with E-state index in [1.165, 1.54) is 0 Å². The van der Waals surface area contributed by atoms with Crippen molar-refractivity contribution in [3.05, 3.63) is 0 Å². The number of amides is 1. The van der Waals surface area contributed by atoms with Gasteiger partial charge in [0.05, 0.1) is 18.3 Å². The monoisotopic (exact) mass is 282 g/mol. The van der Waals surface area contributed by atoms with E-state index >= 15 is 0 Å². The van der Waals surface area contributed by atoms with Gasteiger partial charge >= 0.3 is 0 Å². The number of carbonyl (C=O) groups excluding carboxylic acids is 1. The van der Waals surface area contributed by atoms with Gasteiger partial charge in [0.25, 0.3) is 0 Å². The van der Waals surface area contributed by atoms with Crippen LogP contribution in [0.2, 0.25) is 0 Å². The number of hydrogen-bond donors (Lipinski definition) is 1. The van der Waals surface area contributed by atoms with Gasteiger partial charge in [0.15, 0.2) is 0 Å². The van der Waals surface area contributed by atoms with Crippen LogP contribution < -0.4 is 0 Å². The van der Waals surface area contributed by atoms with E-state index in [9.17, 15) is 9.90 Å². The molecule has 0 aromatic rings. The van der Waals surface area contributed by atoms with Crippen LogP contribution in [0.5, 0.6) is 0 Å². The lowest BCUT2D eigenvalue weighted by Gasteiger charge is -2.42. The van der Waals surface area contributed by atoms with Crippen LogP contribution in [0.4, 0.5) is 0 Å². The first-order chi connectivity index (χ1) is 9.49. The molecule has 1 N–H and O–H groups in total. The Balaban J connectivity index is 1.51. The van der Waals surface area contributed by atoms with Crippen molar-refractivity contribution in [3.8, 4) is 0 Å². The summed E-state index contributed by atoms with van der Waals surface area (Å²) >= 11 is 0. The van der Waals surface area contributed by atoms with E-state index < -0.39 is 0 Å². The zero-order valence-corrected chi connectivity index (χ0v) is 12.5. The van der Waals surface area contributed by atoms with Gasteiger partial charge in [-0.1, -0.05) is 0 Å². The van der Waals surface area contributed by atoms with Crippen LogP contribution in [0, 0.1) is 5.92 Å². The predicted octanol–water partition coefficient (Wildman–Crippen LogP) is 0.469. The third-order valence-corrected chi connectivity index (χ3v) is 5.37. The lowest BCUT2D eigenvalue weighted by atomic mass is 9.80. The number of piperidine rings is 1. The molecule has 2 saturated heterocycles. The minimum Gasteiger partial charge on any atom is -0.393 e. The lowest BCUT2D eigenvalue weighted by Crippen LogP contribution is -2.51. The van der Waals surface area contributed by atoms with E-state index in [-0.39, 0.29) is 23.5 Å². The lowest BCUT2D eigenvalue weighted by molar-refractivity contribution is -0.146. The Kier molecular flexibility index (Phi) is 3.77. The molecular formula is C15H26N2O3. The standard InChI is InChI=1S/C15H26N2O3/c1-16(2)12-9-15(20-10-12)3-5-17(6-4-15)14(19)11-7-13(18)8-11/h11-13,18H,3-10H2,1-2H3. The topological polar surface area (TPSA) is 53.0 Å². The van der Waals surface area contributed by atoms with Crippen molar-refractivity contribution in [2.75, 3.05) is 33.8 Å². The molecule has 1 unspecified atom stereocenters. The van der Waals surface area contributed by atoms with Gasteiger partial charge in [-0.05, 0) is 46.2 Å². The number of aliphatic hydroxyl groups excluding tert-OH is 1. The van der Waals surface area contributed by atoms with E-state index in [0.29, 0.717) is 18.9 Å². The second kappa shape index (κ2) is 5.28. The van der Waals surface area contributed by atoms with Crippen LogP contribution in [-0.2, 0) is 9.53 Å². The summed E-state index contributed by atoms with van der Waals surface area (Å²) in [4.78, 5) is 16.5. The highest BCUT2D eigenvalue weighted by molar-refractivity contribution is 5.80. The van der Waals surface area contributed by atoms with E-state index in [0.717, 1.165) is 39.0 Å². The number of aliphatic hydroxyl groups is 1. The molecule has 1 spiro atoms. The molecule has 0 aromatic heterocycles. The second-order valence-electron chi connectivity index (χ2n) is 6.96. The molecule has 0 aromatic carbocycles. The number of carbonyl (C=O) groups is 1. The molecule has 2 aliphatic heterocycles. The Labute approximate surface area is 120 Å². The summed E-state index contributed by atoms with van der Waals surface area (Å²) in [6.07, 6.45) is 4.05. The summed E-state index contributed by atoms with van der Waals surface area (Å²) in [6, 6.07) is 0.513. The summed E-state index contributed by atoms with van der Waals surface area (Å²) in [6.45, 7) is 2.44. The van der Waals surface area contributed by atoms with Crippen LogP contribution in [-0.4, -0.2) is 72.4 Å².